The summed E-state index contributed by atoms with van der Waals surface area (Å²) in [5.74, 6) is 0. The van der Waals surface area contributed by atoms with Crippen molar-refractivity contribution in [2.75, 3.05) is 0 Å². The van der Waals surface area contributed by atoms with E-state index in [1.54, 1.807) is 12.1 Å². The number of fused-ring (bicyclic) bond motifs is 4. The van der Waals surface area contributed by atoms with E-state index in [0.717, 1.165) is 43.1 Å². The summed E-state index contributed by atoms with van der Waals surface area (Å²) < 4.78 is 11.9. The van der Waals surface area contributed by atoms with Gasteiger partial charge in [-0.05, 0) is 47.2 Å². The molecular formula is C26H8N4O2. The van der Waals surface area contributed by atoms with Gasteiger partial charge in [0.25, 0.3) is 0 Å². The number of hydrogen-bond donors (Lipinski definition) is 0. The van der Waals surface area contributed by atoms with Gasteiger partial charge in [-0.25, -0.2) is 10.1 Å². The molecule has 32 heavy (non-hydrogen) atoms. The summed E-state index contributed by atoms with van der Waals surface area (Å²) in [4.78, 5) is 3.26. The largest absolute Gasteiger partial charge is 0.466 e. The van der Waals surface area contributed by atoms with Crippen molar-refractivity contribution in [1.29, 1.82) is 15.8 Å². The molecule has 0 aliphatic carbocycles. The maximum absolute atomic E-state index is 9.22. The van der Waals surface area contributed by atoms with E-state index in [1.165, 1.54) is 0 Å². The summed E-state index contributed by atoms with van der Waals surface area (Å²) in [6, 6.07) is 20.9. The quantitative estimate of drug-likeness (QED) is 0.265. The molecule has 0 radical (unpaired) electrons. The first-order valence-corrected chi connectivity index (χ1v) is 9.57. The lowest BCUT2D eigenvalue weighted by atomic mass is 9.92. The van der Waals surface area contributed by atoms with E-state index in [1.807, 2.05) is 54.6 Å². The molecule has 0 fully saturated rings. The Morgan fingerprint density at radius 1 is 0.688 bits per heavy atom. The molecule has 0 amide bonds. The molecule has 6 nitrogen and oxygen atoms in total. The van der Waals surface area contributed by atoms with E-state index in [0.29, 0.717) is 11.2 Å². The van der Waals surface area contributed by atoms with Crippen LogP contribution in [0.15, 0.2) is 57.4 Å². The van der Waals surface area contributed by atoms with Crippen LogP contribution in [0.1, 0.15) is 0 Å². The lowest BCUT2D eigenvalue weighted by Crippen LogP contribution is -1.97. The second kappa shape index (κ2) is 6.10. The van der Waals surface area contributed by atoms with Gasteiger partial charge < -0.3 is 8.83 Å². The molecule has 6 rings (SSSR count). The molecule has 0 aliphatic rings. The molecule has 6 aromatic rings. The van der Waals surface area contributed by atoms with Gasteiger partial charge in [-0.3, -0.25) is 0 Å². The first-order valence-electron chi connectivity index (χ1n) is 9.57. The number of nitriles is 3. The van der Waals surface area contributed by atoms with Crippen LogP contribution in [0.25, 0.3) is 70.4 Å². The Labute approximate surface area is 179 Å². The van der Waals surface area contributed by atoms with Gasteiger partial charge in [-0.15, -0.1) is 0 Å². The topological polar surface area (TPSA) is 102 Å². The molecule has 0 bridgehead atoms. The van der Waals surface area contributed by atoms with Gasteiger partial charge in [0.2, 0.25) is 0 Å². The highest BCUT2D eigenvalue weighted by atomic mass is 16.3. The van der Waals surface area contributed by atoms with Crippen LogP contribution in [-0.4, -0.2) is 0 Å². The predicted molar refractivity (Wildman–Crippen MR) is 119 cm³/mol. The Morgan fingerprint density at radius 3 is 1.72 bits per heavy atom. The standard InChI is InChI=1S/C26H8N4O2/c1-30-20(12-29)22-9-16-7-14-3-2-13-6-15-8-21(17(10-27)11-28)31-25(15)18-4-5-19(26(16)32-22)24(14)23(13)18/h2-9H/b22-20+. The van der Waals surface area contributed by atoms with Crippen LogP contribution >= 0.6 is 0 Å². The molecule has 0 saturated carbocycles. The normalized spacial score (nSPS) is 12.1. The molecule has 0 N–H and O–H groups in total. The summed E-state index contributed by atoms with van der Waals surface area (Å²) in [6.07, 6.45) is 0. The second-order valence-corrected chi connectivity index (χ2v) is 7.40. The summed E-state index contributed by atoms with van der Waals surface area (Å²) in [5, 5.41) is 35.0. The molecule has 2 aromatic heterocycles. The van der Waals surface area contributed by atoms with Crippen LogP contribution in [0, 0.1) is 40.6 Å². The van der Waals surface area contributed by atoms with Crippen LogP contribution in [0.3, 0.4) is 0 Å². The zero-order valence-corrected chi connectivity index (χ0v) is 16.2. The maximum Gasteiger partial charge on any atom is 0.303 e. The number of hydrogen-bond acceptors (Lipinski definition) is 5. The van der Waals surface area contributed by atoms with Gasteiger partial charge >= 0.3 is 5.70 Å². The fourth-order valence-electron chi connectivity index (χ4n) is 4.46. The third kappa shape index (κ3) is 2.13. The number of furan rings is 2. The van der Waals surface area contributed by atoms with Gasteiger partial charge in [0, 0.05) is 32.3 Å². The minimum absolute atomic E-state index is 0.0722. The van der Waals surface area contributed by atoms with Crippen molar-refractivity contribution < 1.29 is 8.83 Å². The van der Waals surface area contributed by atoms with Crippen LogP contribution in [-0.2, 0) is 0 Å². The Hall–Kier alpha value is -5.30. The molecule has 0 saturated heterocycles. The van der Waals surface area contributed by atoms with Crippen LogP contribution in [0.5, 0.6) is 0 Å². The number of benzene rings is 4. The molecule has 0 spiro atoms. The van der Waals surface area contributed by atoms with Crippen LogP contribution < -0.4 is 10.8 Å². The van der Waals surface area contributed by atoms with E-state index in [-0.39, 0.29) is 22.1 Å². The minimum Gasteiger partial charge on any atom is -0.466 e. The smallest absolute Gasteiger partial charge is 0.303 e. The minimum atomic E-state index is -0.0883. The van der Waals surface area contributed by atoms with Crippen molar-refractivity contribution in [2.24, 2.45) is 0 Å². The molecule has 4 aromatic carbocycles. The third-order valence-corrected chi connectivity index (χ3v) is 5.78. The third-order valence-electron chi connectivity index (χ3n) is 5.78. The Bertz CT molecular complexity index is 1900. The summed E-state index contributed by atoms with van der Waals surface area (Å²) in [6.45, 7) is 7.21. The van der Waals surface area contributed by atoms with E-state index >= 15 is 0 Å². The van der Waals surface area contributed by atoms with Gasteiger partial charge in [0.05, 0.1) is 12.6 Å². The molecule has 0 aliphatic heterocycles. The SMILES string of the molecule is [C-]#[N+]/C(C#N)=c1\cc2cc3ccc4cc5cc(=C(C#N)C#N)oc5c5ccc(c2o1)c3c45. The van der Waals surface area contributed by atoms with E-state index in [2.05, 4.69) is 4.85 Å². The number of rotatable bonds is 0. The van der Waals surface area contributed by atoms with Crippen molar-refractivity contribution in [3.63, 3.8) is 0 Å². The van der Waals surface area contributed by atoms with Crippen molar-refractivity contribution in [3.05, 3.63) is 70.8 Å². The molecule has 144 valence electrons. The van der Waals surface area contributed by atoms with Crippen molar-refractivity contribution in [3.8, 4) is 18.2 Å². The van der Waals surface area contributed by atoms with E-state index in [4.69, 9.17) is 15.4 Å². The molecule has 6 heteroatoms. The van der Waals surface area contributed by atoms with E-state index in [9.17, 15) is 15.8 Å². The first kappa shape index (κ1) is 17.5. The molecule has 2 heterocycles. The molecule has 0 unspecified atom stereocenters. The van der Waals surface area contributed by atoms with E-state index < -0.39 is 0 Å². The monoisotopic (exact) mass is 408 g/mol. The highest BCUT2D eigenvalue weighted by Crippen LogP contribution is 2.41. The highest BCUT2D eigenvalue weighted by molar-refractivity contribution is 6.31. The summed E-state index contributed by atoms with van der Waals surface area (Å²) >= 11 is 0. The van der Waals surface area contributed by atoms with Gasteiger partial charge in [0.15, 0.2) is 11.0 Å². The van der Waals surface area contributed by atoms with Crippen molar-refractivity contribution in [1.82, 2.24) is 0 Å². The Morgan fingerprint density at radius 2 is 1.22 bits per heavy atom. The average Bonchev–Trinajstić information content (AvgIpc) is 3.42. The van der Waals surface area contributed by atoms with Gasteiger partial charge in [-0.1, -0.05) is 12.1 Å². The summed E-state index contributed by atoms with van der Waals surface area (Å²) in [5.41, 5.74) is 1.56. The lowest BCUT2D eigenvalue weighted by molar-refractivity contribution is 0.580. The lowest BCUT2D eigenvalue weighted by Gasteiger charge is -2.11. The van der Waals surface area contributed by atoms with Crippen LogP contribution in [0.2, 0.25) is 0 Å². The zero-order chi connectivity index (χ0) is 22.0. The zero-order valence-electron chi connectivity index (χ0n) is 16.2. The maximum atomic E-state index is 9.22. The highest BCUT2D eigenvalue weighted by Gasteiger charge is 2.17. The average molecular weight is 408 g/mol. The van der Waals surface area contributed by atoms with Crippen LogP contribution in [0.4, 0.5) is 0 Å². The van der Waals surface area contributed by atoms with Gasteiger partial charge in [0.1, 0.15) is 28.7 Å². The second-order valence-electron chi connectivity index (χ2n) is 7.40. The molecule has 0 atom stereocenters. The van der Waals surface area contributed by atoms with Crippen molar-refractivity contribution >= 4 is 65.5 Å². The fraction of sp³-hybridized carbons (Fsp3) is 0. The molecular weight excluding hydrogens is 400 g/mol. The van der Waals surface area contributed by atoms with Crippen molar-refractivity contribution in [2.45, 2.75) is 0 Å². The predicted octanol–water partition coefficient (Wildman–Crippen LogP) is 4.83. The Kier molecular flexibility index (Phi) is 3.35. The Balaban J connectivity index is 1.84. The van der Waals surface area contributed by atoms with Gasteiger partial charge in [-0.2, -0.15) is 10.5 Å². The summed E-state index contributed by atoms with van der Waals surface area (Å²) in [7, 11) is 0. The fourth-order valence-corrected chi connectivity index (χ4v) is 4.46. The first-order chi connectivity index (χ1) is 15.7. The number of nitrogens with zero attached hydrogens (tertiary/aromatic N) is 4.